The van der Waals surface area contributed by atoms with Gasteiger partial charge in [0.05, 0.1) is 6.54 Å². The van der Waals surface area contributed by atoms with Crippen LogP contribution in [0.1, 0.15) is 25.0 Å². The molecule has 0 aliphatic carbocycles. The van der Waals surface area contributed by atoms with Gasteiger partial charge >= 0.3 is 0 Å². The molecule has 1 amide bonds. The SMILES string of the molecule is Cc1ccc(C)c(N(C)CC(=O)N(C)C(C)C)c1. The molecule has 0 aliphatic rings. The van der Waals surface area contributed by atoms with E-state index >= 15 is 0 Å². The second kappa shape index (κ2) is 5.89. The quantitative estimate of drug-likeness (QED) is 0.817. The molecule has 0 aromatic heterocycles. The van der Waals surface area contributed by atoms with Gasteiger partial charge in [0.1, 0.15) is 0 Å². The molecule has 0 fully saturated rings. The van der Waals surface area contributed by atoms with Crippen LogP contribution < -0.4 is 4.90 Å². The first-order valence-electron chi connectivity index (χ1n) is 6.37. The van der Waals surface area contributed by atoms with Crippen LogP contribution >= 0.6 is 0 Å². The topological polar surface area (TPSA) is 23.6 Å². The number of nitrogens with zero attached hydrogens (tertiary/aromatic N) is 2. The minimum Gasteiger partial charge on any atom is -0.365 e. The molecule has 0 aliphatic heterocycles. The number of aryl methyl sites for hydroxylation is 2. The number of benzene rings is 1. The Hall–Kier alpha value is -1.51. The Kier molecular flexibility index (Phi) is 4.76. The predicted molar refractivity (Wildman–Crippen MR) is 77.1 cm³/mol. The number of rotatable bonds is 4. The van der Waals surface area contributed by atoms with Gasteiger partial charge in [-0.25, -0.2) is 0 Å². The van der Waals surface area contributed by atoms with Crippen LogP contribution in [0.3, 0.4) is 0 Å². The van der Waals surface area contributed by atoms with Crippen LogP contribution in [0.2, 0.25) is 0 Å². The van der Waals surface area contributed by atoms with Crippen LogP contribution in [0, 0.1) is 13.8 Å². The summed E-state index contributed by atoms with van der Waals surface area (Å²) in [5.74, 6) is 0.147. The Morgan fingerprint density at radius 3 is 2.39 bits per heavy atom. The van der Waals surface area contributed by atoms with Crippen molar-refractivity contribution in [2.24, 2.45) is 0 Å². The van der Waals surface area contributed by atoms with E-state index in [-0.39, 0.29) is 11.9 Å². The average molecular weight is 248 g/mol. The molecule has 0 radical (unpaired) electrons. The lowest BCUT2D eigenvalue weighted by atomic mass is 10.1. The molecular formula is C15H24N2O. The second-order valence-corrected chi connectivity index (χ2v) is 5.24. The third-order valence-corrected chi connectivity index (χ3v) is 3.32. The lowest BCUT2D eigenvalue weighted by Gasteiger charge is -2.27. The Balaban J connectivity index is 2.79. The second-order valence-electron chi connectivity index (χ2n) is 5.24. The van der Waals surface area contributed by atoms with Crippen LogP contribution in [-0.2, 0) is 4.79 Å². The molecule has 0 saturated heterocycles. The molecule has 0 atom stereocenters. The molecular weight excluding hydrogens is 224 g/mol. The van der Waals surface area contributed by atoms with Gasteiger partial charge in [-0.3, -0.25) is 4.79 Å². The van der Waals surface area contributed by atoms with Crippen molar-refractivity contribution in [2.45, 2.75) is 33.7 Å². The first-order chi connectivity index (χ1) is 8.32. The molecule has 18 heavy (non-hydrogen) atoms. The van der Waals surface area contributed by atoms with Crippen LogP contribution in [0.15, 0.2) is 18.2 Å². The number of carbonyl (C=O) groups excluding carboxylic acids is 1. The van der Waals surface area contributed by atoms with Gasteiger partial charge in [-0.2, -0.15) is 0 Å². The van der Waals surface area contributed by atoms with E-state index in [9.17, 15) is 4.79 Å². The summed E-state index contributed by atoms with van der Waals surface area (Å²) in [5.41, 5.74) is 3.54. The maximum absolute atomic E-state index is 12.0. The van der Waals surface area contributed by atoms with Gasteiger partial charge in [-0.15, -0.1) is 0 Å². The summed E-state index contributed by atoms with van der Waals surface area (Å²) < 4.78 is 0. The molecule has 3 nitrogen and oxygen atoms in total. The zero-order valence-corrected chi connectivity index (χ0v) is 12.3. The van der Waals surface area contributed by atoms with Crippen molar-refractivity contribution >= 4 is 11.6 Å². The van der Waals surface area contributed by atoms with Crippen molar-refractivity contribution < 1.29 is 4.79 Å². The van der Waals surface area contributed by atoms with E-state index in [0.717, 1.165) is 5.69 Å². The van der Waals surface area contributed by atoms with Gasteiger partial charge in [-0.05, 0) is 44.9 Å². The lowest BCUT2D eigenvalue weighted by Crippen LogP contribution is -2.40. The number of hydrogen-bond acceptors (Lipinski definition) is 2. The molecule has 0 bridgehead atoms. The van der Waals surface area contributed by atoms with Crippen molar-refractivity contribution in [3.63, 3.8) is 0 Å². The van der Waals surface area contributed by atoms with Crippen LogP contribution in [0.25, 0.3) is 0 Å². The van der Waals surface area contributed by atoms with Gasteiger partial charge in [-0.1, -0.05) is 12.1 Å². The highest BCUT2D eigenvalue weighted by Crippen LogP contribution is 2.20. The molecule has 0 spiro atoms. The molecule has 1 aromatic carbocycles. The van der Waals surface area contributed by atoms with Gasteiger partial charge < -0.3 is 9.80 Å². The molecule has 3 heteroatoms. The summed E-state index contributed by atoms with van der Waals surface area (Å²) in [6.45, 7) is 8.60. The largest absolute Gasteiger partial charge is 0.365 e. The number of likely N-dealkylation sites (N-methyl/N-ethyl adjacent to an activating group) is 2. The maximum atomic E-state index is 12.0. The maximum Gasteiger partial charge on any atom is 0.242 e. The van der Waals surface area contributed by atoms with Crippen LogP contribution in [0.4, 0.5) is 5.69 Å². The zero-order valence-electron chi connectivity index (χ0n) is 12.3. The smallest absolute Gasteiger partial charge is 0.242 e. The fraction of sp³-hybridized carbons (Fsp3) is 0.533. The highest BCUT2D eigenvalue weighted by atomic mass is 16.2. The fourth-order valence-electron chi connectivity index (χ4n) is 1.82. The standard InChI is InChI=1S/C15H24N2O/c1-11(2)17(6)15(18)10-16(5)14-9-12(3)7-8-13(14)4/h7-9,11H,10H2,1-6H3. The number of carbonyl (C=O) groups is 1. The molecule has 100 valence electrons. The number of anilines is 1. The van der Waals surface area contributed by atoms with E-state index in [4.69, 9.17) is 0 Å². The van der Waals surface area contributed by atoms with Crippen molar-refractivity contribution in [3.8, 4) is 0 Å². The van der Waals surface area contributed by atoms with Gasteiger partial charge in [0.2, 0.25) is 5.91 Å². The summed E-state index contributed by atoms with van der Waals surface area (Å²) in [5, 5.41) is 0. The van der Waals surface area contributed by atoms with Crippen LogP contribution in [0.5, 0.6) is 0 Å². The number of hydrogen-bond donors (Lipinski definition) is 0. The minimum atomic E-state index is 0.147. The van der Waals surface area contributed by atoms with Crippen molar-refractivity contribution in [1.82, 2.24) is 4.90 Å². The Labute approximate surface area is 110 Å². The Morgan fingerprint density at radius 1 is 1.22 bits per heavy atom. The Bertz CT molecular complexity index is 427. The van der Waals surface area contributed by atoms with Crippen molar-refractivity contribution in [3.05, 3.63) is 29.3 Å². The highest BCUT2D eigenvalue weighted by molar-refractivity contribution is 5.81. The third-order valence-electron chi connectivity index (χ3n) is 3.32. The fourth-order valence-corrected chi connectivity index (χ4v) is 1.82. The number of amides is 1. The monoisotopic (exact) mass is 248 g/mol. The van der Waals surface area contributed by atoms with Crippen molar-refractivity contribution in [2.75, 3.05) is 25.5 Å². The molecule has 0 saturated carbocycles. The minimum absolute atomic E-state index is 0.147. The summed E-state index contributed by atoms with van der Waals surface area (Å²) in [4.78, 5) is 15.8. The third kappa shape index (κ3) is 3.49. The summed E-state index contributed by atoms with van der Waals surface area (Å²) in [7, 11) is 3.82. The predicted octanol–water partition coefficient (Wildman–Crippen LogP) is 2.61. The van der Waals surface area contributed by atoms with E-state index < -0.39 is 0 Å². The van der Waals surface area contributed by atoms with E-state index in [1.807, 2.05) is 32.8 Å². The molecule has 1 rings (SSSR count). The van der Waals surface area contributed by atoms with Gasteiger partial charge in [0.15, 0.2) is 0 Å². The first kappa shape index (κ1) is 14.6. The van der Waals surface area contributed by atoms with Gasteiger partial charge in [0, 0.05) is 25.8 Å². The molecule has 0 N–H and O–H groups in total. The summed E-state index contributed by atoms with van der Waals surface area (Å²) >= 11 is 0. The first-order valence-corrected chi connectivity index (χ1v) is 6.37. The van der Waals surface area contributed by atoms with Crippen molar-refractivity contribution in [1.29, 1.82) is 0 Å². The lowest BCUT2D eigenvalue weighted by molar-refractivity contribution is -0.129. The molecule has 0 unspecified atom stereocenters. The normalized spacial score (nSPS) is 10.6. The zero-order chi connectivity index (χ0) is 13.9. The van der Waals surface area contributed by atoms with E-state index in [1.54, 1.807) is 4.90 Å². The average Bonchev–Trinajstić information content (AvgIpc) is 2.30. The summed E-state index contributed by atoms with van der Waals surface area (Å²) in [6, 6.07) is 6.55. The van der Waals surface area contributed by atoms with E-state index in [1.165, 1.54) is 11.1 Å². The van der Waals surface area contributed by atoms with Gasteiger partial charge in [0.25, 0.3) is 0 Å². The Morgan fingerprint density at radius 2 is 1.83 bits per heavy atom. The molecule has 0 heterocycles. The molecule has 1 aromatic rings. The highest BCUT2D eigenvalue weighted by Gasteiger charge is 2.15. The summed E-state index contributed by atoms with van der Waals surface area (Å²) in [6.07, 6.45) is 0. The van der Waals surface area contributed by atoms with E-state index in [2.05, 4.69) is 32.0 Å². The van der Waals surface area contributed by atoms with E-state index in [0.29, 0.717) is 6.54 Å². The van der Waals surface area contributed by atoms with Crippen LogP contribution in [-0.4, -0.2) is 37.5 Å².